The van der Waals surface area contributed by atoms with Crippen molar-refractivity contribution in [2.45, 2.75) is 32.2 Å². The topological polar surface area (TPSA) is 72.6 Å². The highest BCUT2D eigenvalue weighted by Gasteiger charge is 2.33. The average Bonchev–Trinajstić information content (AvgIpc) is 2.44. The smallest absolute Gasteiger partial charge is 0.328 e. The lowest BCUT2D eigenvalue weighted by Crippen LogP contribution is -2.48. The highest BCUT2D eigenvalue weighted by atomic mass is 16.5. The van der Waals surface area contributed by atoms with Crippen LogP contribution in [0.1, 0.15) is 35.2 Å². The monoisotopic (exact) mass is 276 g/mol. The number of carbonyl (C=O) groups excluding carboxylic acids is 2. The van der Waals surface area contributed by atoms with Gasteiger partial charge >= 0.3 is 5.97 Å². The quantitative estimate of drug-likeness (QED) is 0.659. The van der Waals surface area contributed by atoms with Crippen LogP contribution >= 0.6 is 0 Å². The molecule has 1 fully saturated rings. The highest BCUT2D eigenvalue weighted by molar-refractivity contribution is 5.97. The number of aryl methyl sites for hydroxylation is 1. The summed E-state index contributed by atoms with van der Waals surface area (Å²) in [5, 5.41) is 0. The molecule has 0 saturated carbocycles. The zero-order valence-corrected chi connectivity index (χ0v) is 11.9. The van der Waals surface area contributed by atoms with E-state index in [1.807, 2.05) is 13.0 Å². The van der Waals surface area contributed by atoms with Crippen molar-refractivity contribution in [2.24, 2.45) is 0 Å². The van der Waals surface area contributed by atoms with Crippen LogP contribution < -0.4 is 5.73 Å². The van der Waals surface area contributed by atoms with Crippen molar-refractivity contribution in [3.63, 3.8) is 0 Å². The molecule has 1 aromatic carbocycles. The number of carbonyl (C=O) groups is 2. The molecule has 5 heteroatoms. The molecular weight excluding hydrogens is 256 g/mol. The Hall–Kier alpha value is -2.04. The van der Waals surface area contributed by atoms with Crippen LogP contribution in [0.5, 0.6) is 0 Å². The van der Waals surface area contributed by atoms with Gasteiger partial charge in [-0.05, 0) is 49.9 Å². The van der Waals surface area contributed by atoms with Gasteiger partial charge < -0.3 is 15.4 Å². The van der Waals surface area contributed by atoms with Crippen LogP contribution in [-0.4, -0.2) is 36.5 Å². The number of amides is 1. The number of methoxy groups -OCH3 is 1. The molecule has 1 unspecified atom stereocenters. The van der Waals surface area contributed by atoms with Crippen molar-refractivity contribution in [1.82, 2.24) is 4.90 Å². The molecular formula is C15H20N2O3. The van der Waals surface area contributed by atoms with Crippen molar-refractivity contribution in [1.29, 1.82) is 0 Å². The molecule has 1 amide bonds. The van der Waals surface area contributed by atoms with Crippen molar-refractivity contribution in [2.75, 3.05) is 19.4 Å². The summed E-state index contributed by atoms with van der Waals surface area (Å²) in [6.07, 6.45) is 2.49. The van der Waals surface area contributed by atoms with E-state index in [4.69, 9.17) is 10.5 Å². The van der Waals surface area contributed by atoms with Crippen molar-refractivity contribution >= 4 is 17.6 Å². The lowest BCUT2D eigenvalue weighted by Gasteiger charge is -2.33. The van der Waals surface area contributed by atoms with Gasteiger partial charge in [0.25, 0.3) is 5.91 Å². The molecule has 20 heavy (non-hydrogen) atoms. The van der Waals surface area contributed by atoms with E-state index in [2.05, 4.69) is 0 Å². The van der Waals surface area contributed by atoms with E-state index in [9.17, 15) is 9.59 Å². The van der Waals surface area contributed by atoms with Crippen LogP contribution in [0.15, 0.2) is 18.2 Å². The predicted molar refractivity (Wildman–Crippen MR) is 76.3 cm³/mol. The van der Waals surface area contributed by atoms with Crippen LogP contribution in [0.2, 0.25) is 0 Å². The molecule has 1 atom stereocenters. The van der Waals surface area contributed by atoms with Crippen LogP contribution in [0.3, 0.4) is 0 Å². The second-order valence-electron chi connectivity index (χ2n) is 5.17. The first kappa shape index (κ1) is 14.4. The minimum Gasteiger partial charge on any atom is -0.467 e. The second kappa shape index (κ2) is 5.94. The average molecular weight is 276 g/mol. The molecule has 1 aliphatic rings. The maximum Gasteiger partial charge on any atom is 0.328 e. The molecule has 0 radical (unpaired) electrons. The Morgan fingerprint density at radius 3 is 2.70 bits per heavy atom. The Bertz CT molecular complexity index is 508. The highest BCUT2D eigenvalue weighted by Crippen LogP contribution is 2.22. The second-order valence-corrected chi connectivity index (χ2v) is 5.17. The Kier molecular flexibility index (Phi) is 4.27. The molecule has 0 aliphatic carbocycles. The molecule has 2 N–H and O–H groups in total. The summed E-state index contributed by atoms with van der Waals surface area (Å²) in [6, 6.07) is 4.77. The SMILES string of the molecule is COC(=O)C1CCCCN1C(=O)c1cc(C)cc(N)c1. The van der Waals surface area contributed by atoms with E-state index in [-0.39, 0.29) is 11.9 Å². The number of esters is 1. The number of nitrogens with zero attached hydrogens (tertiary/aromatic N) is 1. The summed E-state index contributed by atoms with van der Waals surface area (Å²) in [7, 11) is 1.35. The Balaban J connectivity index is 2.27. The normalized spacial score (nSPS) is 18.7. The standard InChI is InChI=1S/C15H20N2O3/c1-10-7-11(9-12(16)8-10)14(18)17-6-4-3-5-13(17)15(19)20-2/h7-9,13H,3-6,16H2,1-2H3. The van der Waals surface area contributed by atoms with E-state index in [1.165, 1.54) is 7.11 Å². The number of benzene rings is 1. The van der Waals surface area contributed by atoms with E-state index in [0.29, 0.717) is 24.2 Å². The third kappa shape index (κ3) is 2.92. The number of nitrogens with two attached hydrogens (primary N) is 1. The fraction of sp³-hybridized carbons (Fsp3) is 0.467. The molecule has 108 valence electrons. The summed E-state index contributed by atoms with van der Waals surface area (Å²) < 4.78 is 4.80. The fourth-order valence-electron chi connectivity index (χ4n) is 2.66. The lowest BCUT2D eigenvalue weighted by molar-refractivity contribution is -0.147. The molecule has 1 aliphatic heterocycles. The van der Waals surface area contributed by atoms with E-state index < -0.39 is 6.04 Å². The number of rotatable bonds is 2. The van der Waals surface area contributed by atoms with Gasteiger partial charge in [0, 0.05) is 17.8 Å². The van der Waals surface area contributed by atoms with Gasteiger partial charge in [-0.1, -0.05) is 0 Å². The number of likely N-dealkylation sites (tertiary alicyclic amines) is 1. The minimum absolute atomic E-state index is 0.157. The van der Waals surface area contributed by atoms with Gasteiger partial charge in [-0.25, -0.2) is 4.79 Å². The zero-order valence-electron chi connectivity index (χ0n) is 11.9. The number of nitrogen functional groups attached to an aromatic ring is 1. The van der Waals surface area contributed by atoms with Gasteiger partial charge in [0.15, 0.2) is 0 Å². The Morgan fingerprint density at radius 1 is 1.30 bits per heavy atom. The molecule has 0 spiro atoms. The molecule has 0 bridgehead atoms. The molecule has 1 aromatic rings. The van der Waals surface area contributed by atoms with Gasteiger partial charge in [0.2, 0.25) is 0 Å². The first-order valence-electron chi connectivity index (χ1n) is 6.79. The third-order valence-corrected chi connectivity index (χ3v) is 3.58. The third-order valence-electron chi connectivity index (χ3n) is 3.58. The van der Waals surface area contributed by atoms with Gasteiger partial charge in [-0.15, -0.1) is 0 Å². The van der Waals surface area contributed by atoms with E-state index in [1.54, 1.807) is 17.0 Å². The van der Waals surface area contributed by atoms with Gasteiger partial charge in [-0.3, -0.25) is 4.79 Å². The molecule has 0 aromatic heterocycles. The van der Waals surface area contributed by atoms with E-state index in [0.717, 1.165) is 18.4 Å². The molecule has 1 heterocycles. The maximum absolute atomic E-state index is 12.6. The fourth-order valence-corrected chi connectivity index (χ4v) is 2.66. The summed E-state index contributed by atoms with van der Waals surface area (Å²) in [5.41, 5.74) is 7.80. The summed E-state index contributed by atoms with van der Waals surface area (Å²) in [6.45, 7) is 2.47. The molecule has 1 saturated heterocycles. The van der Waals surface area contributed by atoms with Crippen molar-refractivity contribution in [3.8, 4) is 0 Å². The van der Waals surface area contributed by atoms with Crippen LogP contribution in [0.4, 0.5) is 5.69 Å². The van der Waals surface area contributed by atoms with Crippen molar-refractivity contribution in [3.05, 3.63) is 29.3 Å². The first-order valence-corrected chi connectivity index (χ1v) is 6.79. The zero-order chi connectivity index (χ0) is 14.7. The van der Waals surface area contributed by atoms with Crippen LogP contribution in [0.25, 0.3) is 0 Å². The Labute approximate surface area is 118 Å². The van der Waals surface area contributed by atoms with E-state index >= 15 is 0 Å². The van der Waals surface area contributed by atoms with Gasteiger partial charge in [0.05, 0.1) is 7.11 Å². The summed E-state index contributed by atoms with van der Waals surface area (Å²) in [5.74, 6) is -0.505. The first-order chi connectivity index (χ1) is 9.52. The number of piperidine rings is 1. The maximum atomic E-state index is 12.6. The summed E-state index contributed by atoms with van der Waals surface area (Å²) in [4.78, 5) is 26.0. The largest absolute Gasteiger partial charge is 0.467 e. The van der Waals surface area contributed by atoms with Crippen LogP contribution in [-0.2, 0) is 9.53 Å². The van der Waals surface area contributed by atoms with Gasteiger partial charge in [0.1, 0.15) is 6.04 Å². The summed E-state index contributed by atoms with van der Waals surface area (Å²) >= 11 is 0. The lowest BCUT2D eigenvalue weighted by atomic mass is 10.00. The molecule has 5 nitrogen and oxygen atoms in total. The number of hydrogen-bond acceptors (Lipinski definition) is 4. The van der Waals surface area contributed by atoms with Crippen LogP contribution in [0, 0.1) is 6.92 Å². The molecule has 2 rings (SSSR count). The number of ether oxygens (including phenoxy) is 1. The predicted octanol–water partition coefficient (Wildman–Crippen LogP) is 1.74. The number of hydrogen-bond donors (Lipinski definition) is 1. The Morgan fingerprint density at radius 2 is 2.05 bits per heavy atom. The van der Waals surface area contributed by atoms with Crippen molar-refractivity contribution < 1.29 is 14.3 Å². The number of anilines is 1. The minimum atomic E-state index is -0.483. The van der Waals surface area contributed by atoms with Gasteiger partial charge in [-0.2, -0.15) is 0 Å².